The van der Waals surface area contributed by atoms with Crippen LogP contribution in [-0.2, 0) is 4.74 Å². The maximum absolute atomic E-state index is 12.6. The van der Waals surface area contributed by atoms with Crippen molar-refractivity contribution in [1.82, 2.24) is 9.80 Å². The van der Waals surface area contributed by atoms with E-state index in [1.807, 2.05) is 84.6 Å². The predicted octanol–water partition coefficient (Wildman–Crippen LogP) is 6.65. The third-order valence-corrected chi connectivity index (χ3v) is 6.71. The van der Waals surface area contributed by atoms with Crippen molar-refractivity contribution in [3.05, 3.63) is 99.5 Å². The molecule has 0 aromatic heterocycles. The summed E-state index contributed by atoms with van der Waals surface area (Å²) in [6, 6.07) is 23.4. The van der Waals surface area contributed by atoms with Gasteiger partial charge in [0.05, 0.1) is 0 Å². The highest BCUT2D eigenvalue weighted by Crippen LogP contribution is 2.28. The molecule has 1 aliphatic heterocycles. The molecule has 3 aromatic rings. The fraction of sp³-hybridized carbons (Fsp3) is 0.321. The van der Waals surface area contributed by atoms with Crippen LogP contribution in [0.2, 0.25) is 10.0 Å². The molecule has 1 N–H and O–H groups in total. The largest absolute Gasteiger partial charge is 0.369 e. The molecule has 0 atom stereocenters. The van der Waals surface area contributed by atoms with Crippen LogP contribution < -0.4 is 5.32 Å². The number of carbonyl (C=O) groups is 1. The zero-order valence-electron chi connectivity index (χ0n) is 19.9. The first kappa shape index (κ1) is 25.5. The highest BCUT2D eigenvalue weighted by molar-refractivity contribution is 6.30. The van der Waals surface area contributed by atoms with Crippen LogP contribution >= 0.6 is 23.2 Å². The number of hydrogen-bond acceptors (Lipinski definition) is 3. The lowest BCUT2D eigenvalue weighted by Gasteiger charge is -2.34. The number of rotatable bonds is 8. The van der Waals surface area contributed by atoms with Gasteiger partial charge in [-0.25, -0.2) is 4.79 Å². The molecule has 7 heteroatoms. The second kappa shape index (κ2) is 12.4. The summed E-state index contributed by atoms with van der Waals surface area (Å²) in [5, 5.41) is 4.40. The molecular weight excluding hydrogens is 481 g/mol. The van der Waals surface area contributed by atoms with Gasteiger partial charge in [-0.3, -0.25) is 4.90 Å². The Morgan fingerprint density at radius 2 is 1.40 bits per heavy atom. The molecule has 1 heterocycles. The molecule has 0 bridgehead atoms. The number of hydrogen-bond donors (Lipinski definition) is 1. The lowest BCUT2D eigenvalue weighted by molar-refractivity contribution is 0.0670. The van der Waals surface area contributed by atoms with Crippen LogP contribution in [-0.4, -0.2) is 55.2 Å². The van der Waals surface area contributed by atoms with E-state index in [2.05, 4.69) is 10.2 Å². The molecule has 1 aliphatic rings. The van der Waals surface area contributed by atoms with Gasteiger partial charge in [0.1, 0.15) is 6.10 Å². The Kier molecular flexibility index (Phi) is 9.05. The van der Waals surface area contributed by atoms with Gasteiger partial charge >= 0.3 is 6.03 Å². The van der Waals surface area contributed by atoms with Gasteiger partial charge in [-0.15, -0.1) is 0 Å². The Bertz CT molecular complexity index is 1040. The van der Waals surface area contributed by atoms with Crippen molar-refractivity contribution in [3.63, 3.8) is 0 Å². The van der Waals surface area contributed by atoms with Crippen LogP contribution in [0.15, 0.2) is 72.8 Å². The molecule has 0 spiro atoms. The number of benzene rings is 3. The molecule has 0 aliphatic carbocycles. The number of carbonyl (C=O) groups excluding carboxylic acids is 1. The highest BCUT2D eigenvalue weighted by atomic mass is 35.5. The number of anilines is 1. The fourth-order valence-corrected chi connectivity index (χ4v) is 4.42. The fourth-order valence-electron chi connectivity index (χ4n) is 4.16. The van der Waals surface area contributed by atoms with Gasteiger partial charge in [0.25, 0.3) is 0 Å². The first-order valence-electron chi connectivity index (χ1n) is 12.0. The Balaban J connectivity index is 1.23. The van der Waals surface area contributed by atoms with E-state index in [1.54, 1.807) is 0 Å². The average molecular weight is 512 g/mol. The first-order chi connectivity index (χ1) is 17.0. The maximum atomic E-state index is 12.6. The summed E-state index contributed by atoms with van der Waals surface area (Å²) in [6.45, 7) is 6.75. The van der Waals surface area contributed by atoms with Crippen molar-refractivity contribution in [2.24, 2.45) is 0 Å². The molecule has 35 heavy (non-hydrogen) atoms. The first-order valence-corrected chi connectivity index (χ1v) is 12.7. The third-order valence-electron chi connectivity index (χ3n) is 6.21. The minimum absolute atomic E-state index is 0.0365. The summed E-state index contributed by atoms with van der Waals surface area (Å²) in [4.78, 5) is 16.8. The van der Waals surface area contributed by atoms with Crippen LogP contribution in [0, 0.1) is 6.92 Å². The minimum atomic E-state index is -0.174. The number of halogens is 2. The quantitative estimate of drug-likeness (QED) is 0.344. The van der Waals surface area contributed by atoms with Crippen LogP contribution in [0.5, 0.6) is 0 Å². The van der Waals surface area contributed by atoms with E-state index < -0.39 is 0 Å². The molecule has 184 valence electrons. The number of nitrogens with one attached hydrogen (secondary N) is 1. The summed E-state index contributed by atoms with van der Waals surface area (Å²) >= 11 is 12.2. The third kappa shape index (κ3) is 7.45. The Hall–Kier alpha value is -2.57. The van der Waals surface area contributed by atoms with Crippen molar-refractivity contribution in [2.45, 2.75) is 19.4 Å². The number of aryl methyl sites for hydroxylation is 1. The molecule has 4 rings (SSSR count). The molecule has 5 nitrogen and oxygen atoms in total. The number of urea groups is 1. The molecule has 1 saturated heterocycles. The zero-order chi connectivity index (χ0) is 24.6. The lowest BCUT2D eigenvalue weighted by atomic mass is 10.0. The summed E-state index contributed by atoms with van der Waals surface area (Å²) in [5.41, 5.74) is 4.12. The molecular formula is C28H31Cl2N3O2. The van der Waals surface area contributed by atoms with Gasteiger partial charge in [0.2, 0.25) is 0 Å². The van der Waals surface area contributed by atoms with Crippen LogP contribution in [0.3, 0.4) is 0 Å². The van der Waals surface area contributed by atoms with E-state index in [0.29, 0.717) is 16.7 Å². The van der Waals surface area contributed by atoms with E-state index in [-0.39, 0.29) is 12.1 Å². The second-order valence-electron chi connectivity index (χ2n) is 8.83. The molecule has 0 saturated carbocycles. The Morgan fingerprint density at radius 1 is 0.857 bits per heavy atom. The van der Waals surface area contributed by atoms with E-state index in [9.17, 15) is 4.79 Å². The van der Waals surface area contributed by atoms with E-state index in [1.165, 1.54) is 5.56 Å². The van der Waals surface area contributed by atoms with E-state index in [0.717, 1.165) is 56.0 Å². The van der Waals surface area contributed by atoms with Gasteiger partial charge < -0.3 is 15.0 Å². The lowest BCUT2D eigenvalue weighted by Crippen LogP contribution is -2.50. The normalized spacial score (nSPS) is 14.3. The minimum Gasteiger partial charge on any atom is -0.369 e. The second-order valence-corrected chi connectivity index (χ2v) is 9.71. The van der Waals surface area contributed by atoms with Crippen molar-refractivity contribution in [2.75, 3.05) is 44.6 Å². The highest BCUT2D eigenvalue weighted by Gasteiger charge is 2.21. The smallest absolute Gasteiger partial charge is 0.321 e. The SMILES string of the molecule is Cc1ccc(NC(=O)N2CCN(CCCOC(c3ccc(Cl)cc3)c3ccc(Cl)cc3)CC2)cc1. The summed E-state index contributed by atoms with van der Waals surface area (Å²) in [6.07, 6.45) is 0.736. The van der Waals surface area contributed by atoms with Crippen LogP contribution in [0.1, 0.15) is 29.2 Å². The van der Waals surface area contributed by atoms with Crippen molar-refractivity contribution in [1.29, 1.82) is 0 Å². The molecule has 3 aromatic carbocycles. The number of piperazine rings is 1. The van der Waals surface area contributed by atoms with Crippen LogP contribution in [0.4, 0.5) is 10.5 Å². The maximum Gasteiger partial charge on any atom is 0.321 e. The van der Waals surface area contributed by atoms with Gasteiger partial charge in [-0.1, -0.05) is 65.2 Å². The van der Waals surface area contributed by atoms with Crippen LogP contribution in [0.25, 0.3) is 0 Å². The van der Waals surface area contributed by atoms with Crippen molar-refractivity contribution in [3.8, 4) is 0 Å². The Labute approximate surface area is 217 Å². The summed E-state index contributed by atoms with van der Waals surface area (Å²) < 4.78 is 6.33. The predicted molar refractivity (Wildman–Crippen MR) is 144 cm³/mol. The molecule has 0 unspecified atom stereocenters. The monoisotopic (exact) mass is 511 g/mol. The van der Waals surface area contributed by atoms with Gasteiger partial charge in [-0.2, -0.15) is 0 Å². The number of ether oxygens (including phenoxy) is 1. The number of amides is 2. The van der Waals surface area contributed by atoms with Gasteiger partial charge in [0, 0.05) is 55.1 Å². The summed E-state index contributed by atoms with van der Waals surface area (Å²) in [7, 11) is 0. The topological polar surface area (TPSA) is 44.8 Å². The van der Waals surface area contributed by atoms with Crippen molar-refractivity contribution < 1.29 is 9.53 Å². The van der Waals surface area contributed by atoms with Gasteiger partial charge in [0.15, 0.2) is 0 Å². The van der Waals surface area contributed by atoms with Gasteiger partial charge in [-0.05, 0) is 60.9 Å². The molecule has 0 radical (unpaired) electrons. The molecule has 2 amide bonds. The standard InChI is InChI=1S/C28H31Cl2N3O2/c1-21-3-13-26(14-4-21)31-28(34)33-18-16-32(17-19-33)15-2-20-35-27(22-5-9-24(29)10-6-22)23-7-11-25(30)12-8-23/h3-14,27H,2,15-20H2,1H3,(H,31,34). The Morgan fingerprint density at radius 3 is 1.94 bits per heavy atom. The van der Waals surface area contributed by atoms with E-state index in [4.69, 9.17) is 27.9 Å². The average Bonchev–Trinajstić information content (AvgIpc) is 2.87. The zero-order valence-corrected chi connectivity index (χ0v) is 21.4. The van der Waals surface area contributed by atoms with Crippen molar-refractivity contribution >= 4 is 34.9 Å². The summed E-state index contributed by atoms with van der Waals surface area (Å²) in [5.74, 6) is 0. The molecule has 1 fully saturated rings. The van der Waals surface area contributed by atoms with E-state index >= 15 is 0 Å². The number of nitrogens with zero attached hydrogens (tertiary/aromatic N) is 2.